The Morgan fingerprint density at radius 1 is 1.18 bits per heavy atom. The van der Waals surface area contributed by atoms with Crippen LogP contribution < -0.4 is 9.47 Å². The van der Waals surface area contributed by atoms with Gasteiger partial charge in [-0.2, -0.15) is 0 Å². The number of carboxylic acids is 1. The Kier molecular flexibility index (Phi) is 6.32. The summed E-state index contributed by atoms with van der Waals surface area (Å²) in [5, 5.41) is 9.66. The van der Waals surface area contributed by atoms with Gasteiger partial charge in [-0.25, -0.2) is 0 Å². The number of rotatable bonds is 7. The quantitative estimate of drug-likeness (QED) is 0.581. The van der Waals surface area contributed by atoms with Gasteiger partial charge in [0.15, 0.2) is 0 Å². The van der Waals surface area contributed by atoms with Crippen LogP contribution in [0.1, 0.15) is 67.2 Å². The van der Waals surface area contributed by atoms with E-state index >= 15 is 0 Å². The van der Waals surface area contributed by atoms with Crippen LogP contribution in [0.2, 0.25) is 0 Å². The SMILES string of the molecule is COc1ccc(C)cc1CN1CCC2(CCc3ccc([C@H](C4CC4)[C@H](C)C(=O)O)cc3O2)CC1. The van der Waals surface area contributed by atoms with E-state index in [2.05, 4.69) is 48.2 Å². The number of hydrogen-bond acceptors (Lipinski definition) is 4. The van der Waals surface area contributed by atoms with Crippen LogP contribution in [0.25, 0.3) is 0 Å². The Bertz CT molecular complexity index is 1050. The van der Waals surface area contributed by atoms with Gasteiger partial charge in [0.25, 0.3) is 0 Å². The van der Waals surface area contributed by atoms with Gasteiger partial charge in [-0.05, 0) is 80.5 Å². The summed E-state index contributed by atoms with van der Waals surface area (Å²) in [4.78, 5) is 14.3. The lowest BCUT2D eigenvalue weighted by Crippen LogP contribution is -2.49. The van der Waals surface area contributed by atoms with Crippen LogP contribution in [-0.2, 0) is 17.8 Å². The van der Waals surface area contributed by atoms with Crippen molar-refractivity contribution in [2.24, 2.45) is 11.8 Å². The van der Waals surface area contributed by atoms with Crippen molar-refractivity contribution >= 4 is 5.97 Å². The molecule has 1 saturated heterocycles. The minimum Gasteiger partial charge on any atom is -0.496 e. The summed E-state index contributed by atoms with van der Waals surface area (Å²) in [6.07, 6.45) is 6.38. The number of likely N-dealkylation sites (tertiary alicyclic amines) is 1. The molecular weight excluding hydrogens is 426 g/mol. The number of hydrogen-bond donors (Lipinski definition) is 1. The number of aryl methyl sites for hydroxylation is 2. The van der Waals surface area contributed by atoms with Crippen LogP contribution in [0.5, 0.6) is 11.5 Å². The van der Waals surface area contributed by atoms with Gasteiger partial charge in [0.1, 0.15) is 17.1 Å². The number of carboxylic acid groups (broad SMARTS) is 1. The molecule has 2 aromatic carbocycles. The minimum absolute atomic E-state index is 0.0791. The molecule has 0 bridgehead atoms. The first kappa shape index (κ1) is 23.2. The highest BCUT2D eigenvalue weighted by atomic mass is 16.5. The second kappa shape index (κ2) is 9.26. The van der Waals surface area contributed by atoms with E-state index in [1.165, 1.54) is 16.7 Å². The third-order valence-electron chi connectivity index (χ3n) is 8.31. The highest BCUT2D eigenvalue weighted by molar-refractivity contribution is 5.71. The van der Waals surface area contributed by atoms with Crippen molar-refractivity contribution in [1.29, 1.82) is 0 Å². The Morgan fingerprint density at radius 3 is 2.62 bits per heavy atom. The van der Waals surface area contributed by atoms with Crippen LogP contribution in [0.3, 0.4) is 0 Å². The fraction of sp³-hybridized carbons (Fsp3) is 0.552. The van der Waals surface area contributed by atoms with Crippen molar-refractivity contribution in [2.75, 3.05) is 20.2 Å². The van der Waals surface area contributed by atoms with Gasteiger partial charge in [-0.1, -0.05) is 36.8 Å². The fourth-order valence-corrected chi connectivity index (χ4v) is 6.05. The third kappa shape index (κ3) is 4.68. The van der Waals surface area contributed by atoms with Gasteiger partial charge in [-0.15, -0.1) is 0 Å². The fourth-order valence-electron chi connectivity index (χ4n) is 6.05. The topological polar surface area (TPSA) is 59.0 Å². The van der Waals surface area contributed by atoms with Gasteiger partial charge in [0.2, 0.25) is 0 Å². The summed E-state index contributed by atoms with van der Waals surface area (Å²) in [6.45, 7) is 6.89. The molecule has 0 radical (unpaired) electrons. The van der Waals surface area contributed by atoms with Crippen LogP contribution in [0.4, 0.5) is 0 Å². The number of methoxy groups -OCH3 is 1. The highest BCUT2D eigenvalue weighted by Crippen LogP contribution is 2.48. The summed E-state index contributed by atoms with van der Waals surface area (Å²) in [7, 11) is 1.74. The van der Waals surface area contributed by atoms with E-state index in [9.17, 15) is 9.90 Å². The Balaban J connectivity index is 1.28. The highest BCUT2D eigenvalue weighted by Gasteiger charge is 2.42. The molecule has 2 aromatic rings. The molecule has 2 heterocycles. The van der Waals surface area contributed by atoms with Crippen LogP contribution in [-0.4, -0.2) is 41.8 Å². The molecule has 5 nitrogen and oxygen atoms in total. The Morgan fingerprint density at radius 2 is 1.94 bits per heavy atom. The number of piperidine rings is 1. The average molecular weight is 464 g/mol. The maximum absolute atomic E-state index is 11.8. The molecule has 1 N–H and O–H groups in total. The van der Waals surface area contributed by atoms with E-state index in [0.717, 1.165) is 75.2 Å². The monoisotopic (exact) mass is 463 g/mol. The third-order valence-corrected chi connectivity index (χ3v) is 8.31. The van der Waals surface area contributed by atoms with Crippen molar-refractivity contribution in [3.63, 3.8) is 0 Å². The van der Waals surface area contributed by atoms with Gasteiger partial charge >= 0.3 is 5.97 Å². The molecule has 2 aliphatic heterocycles. The van der Waals surface area contributed by atoms with Gasteiger partial charge < -0.3 is 14.6 Å². The number of ether oxygens (including phenoxy) is 2. The molecular formula is C29H37NO4. The lowest BCUT2D eigenvalue weighted by atomic mass is 9.80. The van der Waals surface area contributed by atoms with Gasteiger partial charge in [0, 0.05) is 25.2 Å². The molecule has 2 fully saturated rings. The largest absolute Gasteiger partial charge is 0.496 e. The zero-order valence-corrected chi connectivity index (χ0v) is 20.7. The first-order valence-corrected chi connectivity index (χ1v) is 12.8. The Labute approximate surface area is 203 Å². The van der Waals surface area contributed by atoms with Crippen LogP contribution >= 0.6 is 0 Å². The number of nitrogens with zero attached hydrogens (tertiary/aromatic N) is 1. The summed E-state index contributed by atoms with van der Waals surface area (Å²) in [5.41, 5.74) is 4.80. The van der Waals surface area contributed by atoms with Crippen molar-refractivity contribution in [3.05, 3.63) is 58.7 Å². The van der Waals surface area contributed by atoms with E-state index in [4.69, 9.17) is 9.47 Å². The number of fused-ring (bicyclic) bond motifs is 1. The van der Waals surface area contributed by atoms with E-state index in [1.807, 2.05) is 6.92 Å². The number of aliphatic carboxylic acids is 1. The lowest BCUT2D eigenvalue weighted by Gasteiger charge is -2.45. The number of carbonyl (C=O) groups is 1. The first-order valence-electron chi connectivity index (χ1n) is 12.8. The van der Waals surface area contributed by atoms with Crippen molar-refractivity contribution in [1.82, 2.24) is 4.90 Å². The van der Waals surface area contributed by atoms with Crippen molar-refractivity contribution in [2.45, 2.75) is 70.4 Å². The normalized spacial score (nSPS) is 21.4. The predicted octanol–water partition coefficient (Wildman–Crippen LogP) is 5.58. The maximum Gasteiger partial charge on any atom is 0.306 e. The Hall–Kier alpha value is -2.53. The maximum atomic E-state index is 11.8. The summed E-state index contributed by atoms with van der Waals surface area (Å²) in [6, 6.07) is 12.9. The van der Waals surface area contributed by atoms with E-state index < -0.39 is 5.97 Å². The molecule has 182 valence electrons. The second-order valence-corrected chi connectivity index (χ2v) is 10.7. The molecule has 0 aromatic heterocycles. The zero-order valence-electron chi connectivity index (χ0n) is 20.7. The minimum atomic E-state index is -0.704. The lowest BCUT2D eigenvalue weighted by molar-refractivity contribution is -0.142. The summed E-state index contributed by atoms with van der Waals surface area (Å²) < 4.78 is 12.3. The molecule has 5 heteroatoms. The summed E-state index contributed by atoms with van der Waals surface area (Å²) >= 11 is 0. The van der Waals surface area contributed by atoms with Crippen molar-refractivity contribution < 1.29 is 19.4 Å². The first-order chi connectivity index (χ1) is 16.4. The smallest absolute Gasteiger partial charge is 0.306 e. The van der Waals surface area contributed by atoms with E-state index in [1.54, 1.807) is 7.11 Å². The molecule has 1 saturated carbocycles. The number of benzene rings is 2. The molecule has 2 atom stereocenters. The molecule has 5 rings (SSSR count). The standard InChI is InChI=1S/C29H37NO4/c1-19-4-9-25(33-3)24(16-19)18-30-14-12-29(13-15-30)11-10-21-5-8-23(17-26(21)34-29)27(22-6-7-22)20(2)28(31)32/h4-5,8-9,16-17,20,22,27H,6-7,10-15,18H2,1-3H3,(H,31,32)/t20-,27-/m0/s1. The summed E-state index contributed by atoms with van der Waals surface area (Å²) in [5.74, 6) is 1.44. The zero-order chi connectivity index (χ0) is 23.9. The predicted molar refractivity (Wildman–Crippen MR) is 133 cm³/mol. The van der Waals surface area contributed by atoms with Gasteiger partial charge in [0.05, 0.1) is 13.0 Å². The molecule has 34 heavy (non-hydrogen) atoms. The molecule has 1 aliphatic carbocycles. The van der Waals surface area contributed by atoms with Crippen LogP contribution in [0.15, 0.2) is 36.4 Å². The van der Waals surface area contributed by atoms with E-state index in [0.29, 0.717) is 5.92 Å². The van der Waals surface area contributed by atoms with Crippen molar-refractivity contribution in [3.8, 4) is 11.5 Å². The molecule has 1 spiro atoms. The molecule has 3 aliphatic rings. The van der Waals surface area contributed by atoms with Crippen LogP contribution in [0, 0.1) is 18.8 Å². The van der Waals surface area contributed by atoms with Gasteiger partial charge in [-0.3, -0.25) is 9.69 Å². The average Bonchev–Trinajstić information content (AvgIpc) is 3.66. The molecule has 0 unspecified atom stereocenters. The second-order valence-electron chi connectivity index (χ2n) is 10.7. The molecule has 0 amide bonds. The van der Waals surface area contributed by atoms with E-state index in [-0.39, 0.29) is 17.4 Å².